The van der Waals surface area contributed by atoms with Gasteiger partial charge in [0.1, 0.15) is 5.82 Å². The lowest BCUT2D eigenvalue weighted by Crippen LogP contribution is -2.31. The molecule has 0 bridgehead atoms. The third-order valence-electron chi connectivity index (χ3n) is 3.73. The topological polar surface area (TPSA) is 59.3 Å². The number of aryl methyl sites for hydroxylation is 3. The van der Waals surface area contributed by atoms with Crippen molar-refractivity contribution < 1.29 is 14.2 Å². The Hall–Kier alpha value is -1.76. The van der Waals surface area contributed by atoms with Crippen molar-refractivity contribution in [3.8, 4) is 0 Å². The molecule has 6 heteroatoms. The van der Waals surface area contributed by atoms with Crippen LogP contribution in [0.3, 0.4) is 0 Å². The molecule has 0 saturated heterocycles. The van der Waals surface area contributed by atoms with Crippen molar-refractivity contribution in [3.05, 3.63) is 53.1 Å². The van der Waals surface area contributed by atoms with Gasteiger partial charge in [0.05, 0.1) is 25.0 Å². The maximum absolute atomic E-state index is 13.4. The number of nitrogens with zero attached hydrogens (tertiary/aromatic N) is 2. The van der Waals surface area contributed by atoms with Crippen LogP contribution in [0.25, 0.3) is 0 Å². The first-order valence-electron chi connectivity index (χ1n) is 8.27. The van der Waals surface area contributed by atoms with Crippen molar-refractivity contribution >= 4 is 0 Å². The number of aliphatic hydroxyl groups excluding tert-OH is 1. The van der Waals surface area contributed by atoms with Gasteiger partial charge in [0.15, 0.2) is 0 Å². The molecule has 132 valence electrons. The van der Waals surface area contributed by atoms with E-state index >= 15 is 0 Å². The number of aliphatic hydroxyl groups is 1. The minimum absolute atomic E-state index is 0.168. The van der Waals surface area contributed by atoms with E-state index in [1.54, 1.807) is 18.2 Å². The highest BCUT2D eigenvalue weighted by molar-refractivity contribution is 5.16. The van der Waals surface area contributed by atoms with Gasteiger partial charge in [0, 0.05) is 24.3 Å². The molecule has 0 aliphatic heterocycles. The maximum atomic E-state index is 13.4. The normalized spacial score (nSPS) is 12.5. The summed E-state index contributed by atoms with van der Waals surface area (Å²) in [6, 6.07) is 8.55. The SMILES string of the molecule is Cc1cc(C)n(CCCNC[C@@H](O)COCc2ccccc2F)n1. The molecule has 2 aromatic rings. The van der Waals surface area contributed by atoms with Crippen LogP contribution in [0.2, 0.25) is 0 Å². The predicted molar refractivity (Wildman–Crippen MR) is 91.3 cm³/mol. The first-order valence-corrected chi connectivity index (χ1v) is 8.27. The highest BCUT2D eigenvalue weighted by Crippen LogP contribution is 2.07. The number of benzene rings is 1. The van der Waals surface area contributed by atoms with E-state index in [0.29, 0.717) is 12.1 Å². The number of hydrogen-bond donors (Lipinski definition) is 2. The van der Waals surface area contributed by atoms with E-state index in [4.69, 9.17) is 4.74 Å². The molecule has 0 aliphatic carbocycles. The van der Waals surface area contributed by atoms with Crippen molar-refractivity contribution in [2.75, 3.05) is 19.7 Å². The van der Waals surface area contributed by atoms with Crippen LogP contribution >= 0.6 is 0 Å². The second-order valence-electron chi connectivity index (χ2n) is 5.97. The molecule has 2 N–H and O–H groups in total. The average molecular weight is 335 g/mol. The van der Waals surface area contributed by atoms with Gasteiger partial charge in [0.25, 0.3) is 0 Å². The lowest BCUT2D eigenvalue weighted by Gasteiger charge is -2.13. The van der Waals surface area contributed by atoms with Crippen LogP contribution in [0.1, 0.15) is 23.4 Å². The van der Waals surface area contributed by atoms with Gasteiger partial charge >= 0.3 is 0 Å². The van der Waals surface area contributed by atoms with Crippen LogP contribution in [-0.4, -0.2) is 40.7 Å². The predicted octanol–water partition coefficient (Wildman–Crippen LogP) is 2.20. The smallest absolute Gasteiger partial charge is 0.128 e. The molecule has 0 saturated carbocycles. The van der Waals surface area contributed by atoms with E-state index in [1.807, 2.05) is 18.5 Å². The zero-order valence-electron chi connectivity index (χ0n) is 14.3. The highest BCUT2D eigenvalue weighted by Gasteiger charge is 2.06. The molecule has 2 rings (SSSR count). The summed E-state index contributed by atoms with van der Waals surface area (Å²) in [7, 11) is 0. The monoisotopic (exact) mass is 335 g/mol. The van der Waals surface area contributed by atoms with Gasteiger partial charge in [-0.1, -0.05) is 18.2 Å². The molecule has 5 nitrogen and oxygen atoms in total. The molecule has 0 aliphatic rings. The summed E-state index contributed by atoms with van der Waals surface area (Å²) in [6.07, 6.45) is 0.329. The largest absolute Gasteiger partial charge is 0.389 e. The molecule has 1 heterocycles. The van der Waals surface area contributed by atoms with Gasteiger partial charge in [-0.25, -0.2) is 4.39 Å². The van der Waals surface area contributed by atoms with Gasteiger partial charge < -0.3 is 15.2 Å². The van der Waals surface area contributed by atoms with Crippen LogP contribution in [0.5, 0.6) is 0 Å². The number of aromatic nitrogens is 2. The Labute approximate surface area is 142 Å². The fourth-order valence-electron chi connectivity index (χ4n) is 2.50. The first-order chi connectivity index (χ1) is 11.6. The first kappa shape index (κ1) is 18.6. The van der Waals surface area contributed by atoms with Gasteiger partial charge in [-0.3, -0.25) is 4.68 Å². The Bertz CT molecular complexity index is 630. The molecule has 0 unspecified atom stereocenters. The third-order valence-corrected chi connectivity index (χ3v) is 3.73. The Morgan fingerprint density at radius 2 is 2.12 bits per heavy atom. The zero-order chi connectivity index (χ0) is 17.4. The summed E-state index contributed by atoms with van der Waals surface area (Å²) in [5.74, 6) is -0.283. The average Bonchev–Trinajstić information content (AvgIpc) is 2.86. The molecule has 1 aromatic heterocycles. The standard InChI is InChI=1S/C18H26FN3O2/c1-14-10-15(2)22(21-14)9-5-8-20-11-17(23)13-24-12-16-6-3-4-7-18(16)19/h3-4,6-7,10,17,20,23H,5,8-9,11-13H2,1-2H3/t17-/m1/s1. The minimum Gasteiger partial charge on any atom is -0.389 e. The van der Waals surface area contributed by atoms with Crippen LogP contribution in [0.4, 0.5) is 4.39 Å². The second kappa shape index (κ2) is 9.52. The molecule has 0 amide bonds. The highest BCUT2D eigenvalue weighted by atomic mass is 19.1. The summed E-state index contributed by atoms with van der Waals surface area (Å²) in [5.41, 5.74) is 2.69. The Morgan fingerprint density at radius 3 is 2.83 bits per heavy atom. The van der Waals surface area contributed by atoms with Crippen molar-refractivity contribution in [1.82, 2.24) is 15.1 Å². The van der Waals surface area contributed by atoms with E-state index in [2.05, 4.69) is 16.5 Å². The minimum atomic E-state index is -0.606. The summed E-state index contributed by atoms with van der Waals surface area (Å²) in [5, 5.41) is 17.5. The number of halogens is 1. The summed E-state index contributed by atoms with van der Waals surface area (Å²) < 4.78 is 20.8. The maximum Gasteiger partial charge on any atom is 0.128 e. The van der Waals surface area contributed by atoms with Crippen LogP contribution in [0, 0.1) is 19.7 Å². The molecule has 0 fully saturated rings. The molecular weight excluding hydrogens is 309 g/mol. The summed E-state index contributed by atoms with van der Waals surface area (Å²) >= 11 is 0. The molecule has 0 spiro atoms. The van der Waals surface area contributed by atoms with Crippen molar-refractivity contribution in [1.29, 1.82) is 0 Å². The van der Waals surface area contributed by atoms with Gasteiger partial charge in [0.2, 0.25) is 0 Å². The van der Waals surface area contributed by atoms with E-state index in [9.17, 15) is 9.50 Å². The van der Waals surface area contributed by atoms with Crippen molar-refractivity contribution in [2.24, 2.45) is 0 Å². The van der Waals surface area contributed by atoms with E-state index < -0.39 is 6.10 Å². The lowest BCUT2D eigenvalue weighted by atomic mass is 10.2. The fourth-order valence-corrected chi connectivity index (χ4v) is 2.50. The lowest BCUT2D eigenvalue weighted by molar-refractivity contribution is 0.0279. The number of nitrogens with one attached hydrogen (secondary N) is 1. The van der Waals surface area contributed by atoms with Gasteiger partial charge in [-0.2, -0.15) is 5.10 Å². The summed E-state index contributed by atoms with van der Waals surface area (Å²) in [6.45, 7) is 6.48. The fraction of sp³-hybridized carbons (Fsp3) is 0.500. The molecule has 24 heavy (non-hydrogen) atoms. The number of rotatable bonds is 10. The van der Waals surface area contributed by atoms with Crippen LogP contribution in [0.15, 0.2) is 30.3 Å². The Morgan fingerprint density at radius 1 is 1.33 bits per heavy atom. The van der Waals surface area contributed by atoms with Crippen molar-refractivity contribution in [2.45, 2.75) is 39.5 Å². The third kappa shape index (κ3) is 6.03. The summed E-state index contributed by atoms with van der Waals surface area (Å²) in [4.78, 5) is 0. The van der Waals surface area contributed by atoms with Gasteiger partial charge in [-0.05, 0) is 38.9 Å². The Kier molecular flexibility index (Phi) is 7.36. The van der Waals surface area contributed by atoms with Gasteiger partial charge in [-0.15, -0.1) is 0 Å². The quantitative estimate of drug-likeness (QED) is 0.654. The zero-order valence-corrected chi connectivity index (χ0v) is 14.3. The van der Waals surface area contributed by atoms with Crippen molar-refractivity contribution in [3.63, 3.8) is 0 Å². The van der Waals surface area contributed by atoms with Crippen LogP contribution in [-0.2, 0) is 17.9 Å². The molecule has 1 atom stereocenters. The molecule has 1 aromatic carbocycles. The van der Waals surface area contributed by atoms with E-state index in [-0.39, 0.29) is 19.0 Å². The molecular formula is C18H26FN3O2. The van der Waals surface area contributed by atoms with E-state index in [1.165, 1.54) is 6.07 Å². The number of ether oxygens (including phenoxy) is 1. The van der Waals surface area contributed by atoms with E-state index in [0.717, 1.165) is 30.9 Å². The Balaban J connectivity index is 1.54. The van der Waals surface area contributed by atoms with Crippen LogP contribution < -0.4 is 5.32 Å². The molecule has 0 radical (unpaired) electrons. The number of hydrogen-bond acceptors (Lipinski definition) is 4. The second-order valence-corrected chi connectivity index (χ2v) is 5.97.